The van der Waals surface area contributed by atoms with Crippen molar-refractivity contribution in [3.63, 3.8) is 0 Å². The maximum Gasteiger partial charge on any atom is 0.151 e. The van der Waals surface area contributed by atoms with E-state index >= 15 is 0 Å². The number of anilines is 6. The molecule has 0 amide bonds. The Kier molecular flexibility index (Phi) is 7.48. The summed E-state index contributed by atoms with van der Waals surface area (Å²) in [6.45, 7) is 4.64. The molecule has 0 aromatic heterocycles. The van der Waals surface area contributed by atoms with Crippen molar-refractivity contribution in [1.29, 1.82) is 0 Å². The molecule has 0 atom stereocenters. The summed E-state index contributed by atoms with van der Waals surface area (Å²) in [4.78, 5) is 4.72. The van der Waals surface area contributed by atoms with Crippen LogP contribution in [0, 0.1) is 0 Å². The van der Waals surface area contributed by atoms with Crippen molar-refractivity contribution < 1.29 is 4.74 Å². The molecule has 0 unspecified atom stereocenters. The van der Waals surface area contributed by atoms with E-state index in [1.807, 2.05) is 6.07 Å². The van der Waals surface area contributed by atoms with Crippen LogP contribution in [0.25, 0.3) is 33.4 Å². The monoisotopic (exact) mass is 694 g/mol. The van der Waals surface area contributed by atoms with Gasteiger partial charge in [0, 0.05) is 22.5 Å². The number of benzene rings is 8. The largest absolute Gasteiger partial charge is 0.453 e. The van der Waals surface area contributed by atoms with Gasteiger partial charge in [-0.1, -0.05) is 147 Å². The zero-order valence-electron chi connectivity index (χ0n) is 30.3. The van der Waals surface area contributed by atoms with Crippen LogP contribution in [0.3, 0.4) is 0 Å². The molecule has 2 heterocycles. The molecule has 258 valence electrons. The first-order chi connectivity index (χ1) is 26.5. The average molecular weight is 695 g/mol. The van der Waals surface area contributed by atoms with Crippen LogP contribution < -0.4 is 14.5 Å². The number of rotatable bonds is 6. The van der Waals surface area contributed by atoms with E-state index in [-0.39, 0.29) is 5.41 Å². The predicted molar refractivity (Wildman–Crippen MR) is 224 cm³/mol. The summed E-state index contributed by atoms with van der Waals surface area (Å²) in [5.41, 5.74) is 16.3. The first-order valence-electron chi connectivity index (χ1n) is 18.6. The third-order valence-corrected chi connectivity index (χ3v) is 11.1. The Balaban J connectivity index is 0.962. The molecule has 0 aliphatic carbocycles. The lowest BCUT2D eigenvalue weighted by Gasteiger charge is -2.45. The zero-order valence-corrected chi connectivity index (χ0v) is 30.3. The molecule has 10 rings (SSSR count). The van der Waals surface area contributed by atoms with E-state index in [0.29, 0.717) is 0 Å². The van der Waals surface area contributed by atoms with Crippen molar-refractivity contribution in [3.05, 3.63) is 205 Å². The molecule has 54 heavy (non-hydrogen) atoms. The van der Waals surface area contributed by atoms with E-state index in [0.717, 1.165) is 39.9 Å². The maximum absolute atomic E-state index is 6.44. The predicted octanol–water partition coefficient (Wildman–Crippen LogP) is 14.4. The minimum atomic E-state index is -0.178. The molecular formula is C51H38N2O. The molecular weight excluding hydrogens is 657 g/mol. The summed E-state index contributed by atoms with van der Waals surface area (Å²) in [6, 6.07) is 69.5. The van der Waals surface area contributed by atoms with Gasteiger partial charge in [0.15, 0.2) is 11.5 Å². The summed E-state index contributed by atoms with van der Waals surface area (Å²) in [6.07, 6.45) is 0. The van der Waals surface area contributed by atoms with Crippen LogP contribution >= 0.6 is 0 Å². The van der Waals surface area contributed by atoms with Crippen molar-refractivity contribution in [2.75, 3.05) is 9.80 Å². The first-order valence-corrected chi connectivity index (χ1v) is 18.6. The second-order valence-corrected chi connectivity index (χ2v) is 14.6. The van der Waals surface area contributed by atoms with E-state index in [4.69, 9.17) is 4.74 Å². The molecule has 0 bridgehead atoms. The summed E-state index contributed by atoms with van der Waals surface area (Å²) in [7, 11) is 0. The lowest BCUT2D eigenvalue weighted by atomic mass is 9.72. The maximum atomic E-state index is 6.44. The third kappa shape index (κ3) is 5.28. The van der Waals surface area contributed by atoms with Crippen molar-refractivity contribution in [3.8, 4) is 44.9 Å². The van der Waals surface area contributed by atoms with Gasteiger partial charge in [-0.2, -0.15) is 0 Å². The Hall–Kier alpha value is -6.84. The number of nitrogens with zero attached hydrogens (tertiary/aromatic N) is 2. The van der Waals surface area contributed by atoms with Gasteiger partial charge in [0.05, 0.1) is 17.1 Å². The molecule has 0 N–H and O–H groups in total. The average Bonchev–Trinajstić information content (AvgIpc) is 3.23. The van der Waals surface area contributed by atoms with Crippen molar-refractivity contribution in [2.45, 2.75) is 19.3 Å². The van der Waals surface area contributed by atoms with Crippen LogP contribution in [-0.2, 0) is 5.41 Å². The highest BCUT2D eigenvalue weighted by molar-refractivity contribution is 5.94. The molecule has 0 saturated carbocycles. The van der Waals surface area contributed by atoms with E-state index in [1.54, 1.807) is 0 Å². The van der Waals surface area contributed by atoms with Gasteiger partial charge in [-0.3, -0.25) is 0 Å². The first kappa shape index (κ1) is 31.9. The van der Waals surface area contributed by atoms with Gasteiger partial charge in [-0.05, 0) is 105 Å². The van der Waals surface area contributed by atoms with Gasteiger partial charge >= 0.3 is 0 Å². The van der Waals surface area contributed by atoms with Crippen molar-refractivity contribution >= 4 is 34.1 Å². The number of fused-ring (bicyclic) bond motifs is 4. The molecule has 8 aromatic carbocycles. The molecule has 3 nitrogen and oxygen atoms in total. The standard InChI is InChI=1S/C51H38N2O/c1-51(2)44-33-28-40(34-47(44)53-46-17-9-10-18-48(46)54-49-19-11-16-45(51)50(49)53)39-22-20-36(21-23-39)38-26-31-43(32-27-38)52(41-14-7-4-8-15-41)42-29-24-37(25-30-42)35-12-5-3-6-13-35/h3-34H,1-2H3. The summed E-state index contributed by atoms with van der Waals surface area (Å²) < 4.78 is 6.44. The van der Waals surface area contributed by atoms with E-state index in [1.165, 1.54) is 50.2 Å². The Bertz CT molecular complexity index is 2630. The number of hydrogen-bond donors (Lipinski definition) is 0. The molecule has 0 saturated heterocycles. The molecule has 0 spiro atoms. The molecule has 0 fully saturated rings. The zero-order chi connectivity index (χ0) is 36.2. The van der Waals surface area contributed by atoms with Gasteiger partial charge in [-0.15, -0.1) is 0 Å². The molecule has 8 aromatic rings. The Morgan fingerprint density at radius 1 is 0.389 bits per heavy atom. The number of ether oxygens (including phenoxy) is 1. The van der Waals surface area contributed by atoms with Crippen LogP contribution in [0.2, 0.25) is 0 Å². The Labute approximate surface area is 317 Å². The summed E-state index contributed by atoms with van der Waals surface area (Å²) in [5, 5.41) is 0. The minimum absolute atomic E-state index is 0.178. The normalized spacial score (nSPS) is 13.3. The topological polar surface area (TPSA) is 15.7 Å². The third-order valence-electron chi connectivity index (χ3n) is 11.1. The number of para-hydroxylation sites is 4. The summed E-state index contributed by atoms with van der Waals surface area (Å²) >= 11 is 0. The highest BCUT2D eigenvalue weighted by atomic mass is 16.5. The lowest BCUT2D eigenvalue weighted by Crippen LogP contribution is -2.32. The van der Waals surface area contributed by atoms with E-state index in [9.17, 15) is 0 Å². The van der Waals surface area contributed by atoms with Crippen LogP contribution in [0.1, 0.15) is 25.0 Å². The van der Waals surface area contributed by atoms with Gasteiger partial charge in [0.25, 0.3) is 0 Å². The second-order valence-electron chi connectivity index (χ2n) is 14.6. The fourth-order valence-corrected chi connectivity index (χ4v) is 8.24. The quantitative estimate of drug-likeness (QED) is 0.172. The second kappa shape index (κ2) is 12.7. The molecule has 2 aliphatic rings. The SMILES string of the molecule is CC1(C)c2ccc(-c3ccc(-c4ccc(N(c5ccccc5)c5ccc(-c6ccccc6)cc5)cc4)cc3)cc2N2c3ccccc3Oc3cccc1c32. The molecule has 2 aliphatic heterocycles. The van der Waals surface area contributed by atoms with Crippen molar-refractivity contribution in [1.82, 2.24) is 0 Å². The van der Waals surface area contributed by atoms with Crippen LogP contribution in [0.4, 0.5) is 34.1 Å². The van der Waals surface area contributed by atoms with Crippen LogP contribution in [0.15, 0.2) is 194 Å². The fourth-order valence-electron chi connectivity index (χ4n) is 8.24. The van der Waals surface area contributed by atoms with Gasteiger partial charge < -0.3 is 14.5 Å². The van der Waals surface area contributed by atoms with Gasteiger partial charge in [0.2, 0.25) is 0 Å². The van der Waals surface area contributed by atoms with E-state index in [2.05, 4.69) is 212 Å². The highest BCUT2D eigenvalue weighted by Gasteiger charge is 2.41. The van der Waals surface area contributed by atoms with Gasteiger partial charge in [-0.25, -0.2) is 0 Å². The molecule has 0 radical (unpaired) electrons. The highest BCUT2D eigenvalue weighted by Crippen LogP contribution is 2.60. The van der Waals surface area contributed by atoms with Gasteiger partial charge in [0.1, 0.15) is 0 Å². The fraction of sp³-hybridized carbons (Fsp3) is 0.0588. The van der Waals surface area contributed by atoms with Crippen LogP contribution in [-0.4, -0.2) is 0 Å². The minimum Gasteiger partial charge on any atom is -0.453 e. The van der Waals surface area contributed by atoms with E-state index < -0.39 is 0 Å². The van der Waals surface area contributed by atoms with Crippen LogP contribution in [0.5, 0.6) is 11.5 Å². The lowest BCUT2D eigenvalue weighted by molar-refractivity contribution is 0.471. The summed E-state index contributed by atoms with van der Waals surface area (Å²) in [5.74, 6) is 1.78. The smallest absolute Gasteiger partial charge is 0.151 e. The molecule has 3 heteroatoms. The van der Waals surface area contributed by atoms with Crippen molar-refractivity contribution in [2.24, 2.45) is 0 Å². The Morgan fingerprint density at radius 2 is 0.870 bits per heavy atom. The Morgan fingerprint density at radius 3 is 1.52 bits per heavy atom. The number of hydrogen-bond acceptors (Lipinski definition) is 3.